The molecule has 2 aromatic rings. The highest BCUT2D eigenvalue weighted by molar-refractivity contribution is 9.10. The number of anilines is 1. The van der Waals surface area contributed by atoms with E-state index in [0.29, 0.717) is 9.99 Å². The third-order valence-corrected chi connectivity index (χ3v) is 5.27. The van der Waals surface area contributed by atoms with E-state index in [9.17, 15) is 9.18 Å². The molecule has 0 radical (unpaired) electrons. The summed E-state index contributed by atoms with van der Waals surface area (Å²) >= 11 is 4.79. The van der Waals surface area contributed by atoms with E-state index < -0.39 is 6.03 Å². The molecule has 22 heavy (non-hydrogen) atoms. The second-order valence-corrected chi connectivity index (χ2v) is 7.28. The van der Waals surface area contributed by atoms with Gasteiger partial charge in [-0.1, -0.05) is 27.3 Å². The minimum Gasteiger partial charge on any atom is -0.352 e. The predicted octanol–water partition coefficient (Wildman–Crippen LogP) is 3.23. The van der Waals surface area contributed by atoms with Crippen molar-refractivity contribution < 1.29 is 9.18 Å². The number of nitrogens with one attached hydrogen (secondary N) is 1. The van der Waals surface area contributed by atoms with Gasteiger partial charge in [0.25, 0.3) is 0 Å². The number of thiazole rings is 1. The molecule has 118 valence electrons. The molecule has 2 heterocycles. The number of nitrogens with two attached hydrogens (primary N) is 1. The van der Waals surface area contributed by atoms with E-state index in [0.717, 1.165) is 42.2 Å². The number of amides is 2. The van der Waals surface area contributed by atoms with Crippen molar-refractivity contribution in [1.29, 1.82) is 0 Å². The number of carbonyl (C=O) groups excluding carboxylic acids is 1. The normalized spacial score (nSPS) is 19.2. The van der Waals surface area contributed by atoms with Crippen LogP contribution in [0.5, 0.6) is 0 Å². The van der Waals surface area contributed by atoms with E-state index in [1.165, 1.54) is 17.4 Å². The molecule has 0 aliphatic carbocycles. The maximum Gasteiger partial charge on any atom is 0.312 e. The van der Waals surface area contributed by atoms with Gasteiger partial charge in [0, 0.05) is 23.6 Å². The molecule has 8 heteroatoms. The second-order valence-electron chi connectivity index (χ2n) is 5.35. The lowest BCUT2D eigenvalue weighted by Gasteiger charge is -2.19. The number of fused-ring (bicyclic) bond motifs is 1. The fourth-order valence-corrected chi connectivity index (χ4v) is 4.37. The Labute approximate surface area is 139 Å². The molecule has 0 saturated carbocycles. The molecule has 1 atom stereocenters. The predicted molar refractivity (Wildman–Crippen MR) is 89.8 cm³/mol. The van der Waals surface area contributed by atoms with Gasteiger partial charge in [-0.05, 0) is 31.4 Å². The van der Waals surface area contributed by atoms with Gasteiger partial charge in [0.15, 0.2) is 10.9 Å². The zero-order valence-corrected chi connectivity index (χ0v) is 14.2. The van der Waals surface area contributed by atoms with Crippen LogP contribution in [-0.4, -0.2) is 30.1 Å². The largest absolute Gasteiger partial charge is 0.352 e. The van der Waals surface area contributed by atoms with Gasteiger partial charge in [0.1, 0.15) is 5.52 Å². The molecule has 1 aliphatic heterocycles. The van der Waals surface area contributed by atoms with E-state index in [2.05, 4.69) is 31.1 Å². The number of hydrogen-bond acceptors (Lipinski definition) is 4. The van der Waals surface area contributed by atoms with Crippen LogP contribution in [0.15, 0.2) is 16.6 Å². The van der Waals surface area contributed by atoms with Crippen molar-refractivity contribution in [1.82, 2.24) is 10.3 Å². The maximum atomic E-state index is 13.9. The average molecular weight is 387 g/mol. The molecule has 0 bridgehead atoms. The van der Waals surface area contributed by atoms with Gasteiger partial charge in [-0.25, -0.2) is 14.2 Å². The highest BCUT2D eigenvalue weighted by Gasteiger charge is 2.21. The zero-order chi connectivity index (χ0) is 15.7. The number of benzene rings is 1. The summed E-state index contributed by atoms with van der Waals surface area (Å²) in [7, 11) is 0. The van der Waals surface area contributed by atoms with E-state index in [1.807, 2.05) is 6.07 Å². The van der Waals surface area contributed by atoms with Crippen molar-refractivity contribution in [3.63, 3.8) is 0 Å². The lowest BCUT2D eigenvalue weighted by atomic mass is 10.1. The van der Waals surface area contributed by atoms with Crippen LogP contribution in [0.2, 0.25) is 0 Å². The van der Waals surface area contributed by atoms with E-state index in [-0.39, 0.29) is 11.9 Å². The van der Waals surface area contributed by atoms with Gasteiger partial charge in [-0.3, -0.25) is 0 Å². The molecule has 0 spiro atoms. The van der Waals surface area contributed by atoms with Gasteiger partial charge >= 0.3 is 6.03 Å². The maximum absolute atomic E-state index is 13.9. The minimum absolute atomic E-state index is 0.0998. The van der Waals surface area contributed by atoms with E-state index in [4.69, 9.17) is 5.73 Å². The topological polar surface area (TPSA) is 71.2 Å². The summed E-state index contributed by atoms with van der Waals surface area (Å²) in [5, 5.41) is 3.59. The standard InChI is InChI=1S/C14H16BrFN4OS/c15-8-6-10(16)12-11(7-8)22-14(19-12)20-4-1-2-9(3-5-20)18-13(17)21/h6-7,9H,1-5H2,(H3,17,18,21). The number of hydrogen-bond donors (Lipinski definition) is 2. The summed E-state index contributed by atoms with van der Waals surface area (Å²) in [6, 6.07) is 2.93. The smallest absolute Gasteiger partial charge is 0.312 e. The van der Waals surface area contributed by atoms with Crippen LogP contribution in [0, 0.1) is 5.82 Å². The first-order valence-electron chi connectivity index (χ1n) is 7.09. The summed E-state index contributed by atoms with van der Waals surface area (Å²) in [5.41, 5.74) is 5.60. The molecule has 1 saturated heterocycles. The Morgan fingerprint density at radius 2 is 2.27 bits per heavy atom. The van der Waals surface area contributed by atoms with Crippen LogP contribution >= 0.6 is 27.3 Å². The summed E-state index contributed by atoms with van der Waals surface area (Å²) in [4.78, 5) is 17.6. The molecule has 1 aromatic carbocycles. The Morgan fingerprint density at radius 3 is 3.05 bits per heavy atom. The van der Waals surface area contributed by atoms with Gasteiger partial charge in [0.2, 0.25) is 0 Å². The summed E-state index contributed by atoms with van der Waals surface area (Å²) in [6.07, 6.45) is 2.64. The number of nitrogens with zero attached hydrogens (tertiary/aromatic N) is 2. The average Bonchev–Trinajstić information content (AvgIpc) is 2.72. The van der Waals surface area contributed by atoms with Crippen molar-refractivity contribution in [3.05, 3.63) is 22.4 Å². The molecule has 3 rings (SSSR count). The first-order chi connectivity index (χ1) is 10.5. The molecule has 3 N–H and O–H groups in total. The minimum atomic E-state index is -0.481. The SMILES string of the molecule is NC(=O)NC1CCCN(c2nc3c(F)cc(Br)cc3s2)CC1. The molecule has 1 unspecified atom stereocenters. The van der Waals surface area contributed by atoms with Crippen molar-refractivity contribution in [2.75, 3.05) is 18.0 Å². The van der Waals surface area contributed by atoms with Crippen molar-refractivity contribution in [2.24, 2.45) is 5.73 Å². The molecular weight excluding hydrogens is 371 g/mol. The lowest BCUT2D eigenvalue weighted by molar-refractivity contribution is 0.244. The highest BCUT2D eigenvalue weighted by Crippen LogP contribution is 2.33. The number of aromatic nitrogens is 1. The Balaban J connectivity index is 1.79. The third kappa shape index (κ3) is 3.33. The van der Waals surface area contributed by atoms with E-state index in [1.54, 1.807) is 0 Å². The number of primary amides is 1. The fraction of sp³-hybridized carbons (Fsp3) is 0.429. The molecule has 2 amide bonds. The Kier molecular flexibility index (Phi) is 4.49. The second kappa shape index (κ2) is 6.37. The highest BCUT2D eigenvalue weighted by atomic mass is 79.9. The molecule has 1 fully saturated rings. The van der Waals surface area contributed by atoms with Gasteiger partial charge in [-0.15, -0.1) is 0 Å². The third-order valence-electron chi connectivity index (χ3n) is 3.75. The first kappa shape index (κ1) is 15.5. The Morgan fingerprint density at radius 1 is 1.45 bits per heavy atom. The van der Waals surface area contributed by atoms with Crippen LogP contribution < -0.4 is 16.0 Å². The molecule has 1 aromatic heterocycles. The van der Waals surface area contributed by atoms with Crippen LogP contribution in [0.25, 0.3) is 10.2 Å². The van der Waals surface area contributed by atoms with Crippen molar-refractivity contribution in [2.45, 2.75) is 25.3 Å². The first-order valence-corrected chi connectivity index (χ1v) is 8.70. The van der Waals surface area contributed by atoms with Crippen molar-refractivity contribution >= 4 is 48.6 Å². The van der Waals surface area contributed by atoms with Crippen LogP contribution in [0.4, 0.5) is 14.3 Å². The summed E-state index contributed by atoms with van der Waals surface area (Å²) in [5.74, 6) is -0.310. The van der Waals surface area contributed by atoms with E-state index >= 15 is 0 Å². The van der Waals surface area contributed by atoms with Gasteiger partial charge in [-0.2, -0.15) is 0 Å². The monoisotopic (exact) mass is 386 g/mol. The van der Waals surface area contributed by atoms with Gasteiger partial charge in [0.05, 0.1) is 4.70 Å². The molecular formula is C14H16BrFN4OS. The quantitative estimate of drug-likeness (QED) is 0.831. The number of halogens is 2. The van der Waals surface area contributed by atoms with Crippen LogP contribution in [0.1, 0.15) is 19.3 Å². The number of urea groups is 1. The van der Waals surface area contributed by atoms with Gasteiger partial charge < -0.3 is 16.0 Å². The zero-order valence-electron chi connectivity index (χ0n) is 11.8. The van der Waals surface area contributed by atoms with Crippen LogP contribution in [-0.2, 0) is 0 Å². The van der Waals surface area contributed by atoms with Crippen molar-refractivity contribution in [3.8, 4) is 0 Å². The summed E-state index contributed by atoms with van der Waals surface area (Å²) < 4.78 is 15.5. The number of carbonyl (C=O) groups is 1. The Bertz CT molecular complexity index is 707. The lowest BCUT2D eigenvalue weighted by Crippen LogP contribution is -2.39. The number of rotatable bonds is 2. The summed E-state index contributed by atoms with van der Waals surface area (Å²) in [6.45, 7) is 1.62. The molecule has 1 aliphatic rings. The molecule has 5 nitrogen and oxygen atoms in total. The fourth-order valence-electron chi connectivity index (χ4n) is 2.71. The Hall–Kier alpha value is -1.41. The van der Waals surface area contributed by atoms with Crippen LogP contribution in [0.3, 0.4) is 0 Å².